The Balaban J connectivity index is 2.12. The summed E-state index contributed by atoms with van der Waals surface area (Å²) in [5.74, 6) is 1.01. The van der Waals surface area contributed by atoms with Crippen LogP contribution in [-0.4, -0.2) is 26.4 Å². The molecule has 3 unspecified atom stereocenters. The third-order valence-electron chi connectivity index (χ3n) is 4.27. The van der Waals surface area contributed by atoms with Gasteiger partial charge in [-0.3, -0.25) is 0 Å². The maximum atomic E-state index is 6.28. The number of aryl methyl sites for hydroxylation is 1. The predicted octanol–water partition coefficient (Wildman–Crippen LogP) is 3.61. The molecule has 0 aliphatic heterocycles. The van der Waals surface area contributed by atoms with Crippen LogP contribution in [0, 0.1) is 6.92 Å². The Bertz CT molecular complexity index is 433. The van der Waals surface area contributed by atoms with Crippen molar-refractivity contribution in [3.05, 3.63) is 29.3 Å². The van der Waals surface area contributed by atoms with Gasteiger partial charge in [-0.05, 0) is 46.2 Å². The molecule has 1 aliphatic rings. The maximum absolute atomic E-state index is 6.28. The van der Waals surface area contributed by atoms with E-state index in [4.69, 9.17) is 9.47 Å². The molecule has 1 aromatic carbocycles. The van der Waals surface area contributed by atoms with Crippen LogP contribution in [0.2, 0.25) is 0 Å². The minimum absolute atomic E-state index is 0.277. The highest BCUT2D eigenvalue weighted by Crippen LogP contribution is 2.30. The van der Waals surface area contributed by atoms with Crippen LogP contribution in [0.4, 0.5) is 0 Å². The van der Waals surface area contributed by atoms with Crippen LogP contribution in [0.5, 0.6) is 5.75 Å². The first kappa shape index (κ1) is 15.3. The molecule has 3 nitrogen and oxygen atoms in total. The van der Waals surface area contributed by atoms with Crippen molar-refractivity contribution in [2.45, 2.75) is 57.8 Å². The molecule has 0 radical (unpaired) electrons. The van der Waals surface area contributed by atoms with Crippen molar-refractivity contribution in [1.82, 2.24) is 5.32 Å². The van der Waals surface area contributed by atoms with Crippen LogP contribution in [0.25, 0.3) is 0 Å². The summed E-state index contributed by atoms with van der Waals surface area (Å²) in [5.41, 5.74) is 2.51. The summed E-state index contributed by atoms with van der Waals surface area (Å²) in [4.78, 5) is 0. The van der Waals surface area contributed by atoms with E-state index in [0.29, 0.717) is 12.1 Å². The van der Waals surface area contributed by atoms with Gasteiger partial charge in [-0.2, -0.15) is 0 Å². The van der Waals surface area contributed by atoms with Crippen LogP contribution in [0.15, 0.2) is 18.2 Å². The lowest BCUT2D eigenvalue weighted by molar-refractivity contribution is 0.0205. The van der Waals surface area contributed by atoms with Gasteiger partial charge < -0.3 is 14.8 Å². The minimum Gasteiger partial charge on any atom is -0.490 e. The monoisotopic (exact) mass is 277 g/mol. The second kappa shape index (κ2) is 7.09. The van der Waals surface area contributed by atoms with Crippen molar-refractivity contribution < 1.29 is 9.47 Å². The lowest BCUT2D eigenvalue weighted by Crippen LogP contribution is -2.30. The first-order valence-corrected chi connectivity index (χ1v) is 7.61. The molecule has 0 spiro atoms. The highest BCUT2D eigenvalue weighted by molar-refractivity contribution is 5.39. The Hall–Kier alpha value is -1.06. The highest BCUT2D eigenvalue weighted by atomic mass is 16.5. The molecule has 1 saturated carbocycles. The average molecular weight is 277 g/mol. The summed E-state index contributed by atoms with van der Waals surface area (Å²) in [7, 11) is 3.78. The normalized spacial score (nSPS) is 24.4. The lowest BCUT2D eigenvalue weighted by atomic mass is 9.94. The number of benzene rings is 1. The van der Waals surface area contributed by atoms with Gasteiger partial charge in [-0.1, -0.05) is 17.7 Å². The van der Waals surface area contributed by atoms with Crippen LogP contribution < -0.4 is 10.1 Å². The van der Waals surface area contributed by atoms with Crippen LogP contribution in [0.3, 0.4) is 0 Å². The van der Waals surface area contributed by atoms with Crippen molar-refractivity contribution in [2.24, 2.45) is 0 Å². The Labute approximate surface area is 122 Å². The number of methoxy groups -OCH3 is 1. The Kier molecular flexibility index (Phi) is 5.44. The van der Waals surface area contributed by atoms with E-state index in [1.54, 1.807) is 7.11 Å². The second-order valence-electron chi connectivity index (χ2n) is 5.82. The van der Waals surface area contributed by atoms with Crippen molar-refractivity contribution in [2.75, 3.05) is 14.2 Å². The summed E-state index contributed by atoms with van der Waals surface area (Å²) in [5, 5.41) is 3.30. The molecule has 3 atom stereocenters. The molecule has 0 bridgehead atoms. The molecular formula is C17H27NO2. The molecule has 1 aliphatic carbocycles. The zero-order valence-electron chi connectivity index (χ0n) is 13.1. The zero-order valence-corrected chi connectivity index (χ0v) is 13.1. The fraction of sp³-hybridized carbons (Fsp3) is 0.647. The van der Waals surface area contributed by atoms with Crippen molar-refractivity contribution in [3.63, 3.8) is 0 Å². The zero-order chi connectivity index (χ0) is 14.5. The first-order valence-electron chi connectivity index (χ1n) is 7.61. The van der Waals surface area contributed by atoms with Gasteiger partial charge in [0.25, 0.3) is 0 Å². The smallest absolute Gasteiger partial charge is 0.124 e. The van der Waals surface area contributed by atoms with E-state index in [2.05, 4.69) is 37.4 Å². The molecule has 1 fully saturated rings. The Morgan fingerprint density at radius 1 is 1.25 bits per heavy atom. The second-order valence-corrected chi connectivity index (χ2v) is 5.82. The van der Waals surface area contributed by atoms with Gasteiger partial charge in [0.2, 0.25) is 0 Å². The standard InChI is InChI=1S/C17H27NO2/c1-12-8-9-17(16(10-12)13(2)18-3)20-15-7-5-6-14(11-15)19-4/h8-10,13-15,18H,5-7,11H2,1-4H3. The lowest BCUT2D eigenvalue weighted by Gasteiger charge is -2.30. The molecule has 1 aromatic rings. The van der Waals surface area contributed by atoms with E-state index in [-0.39, 0.29) is 6.10 Å². The number of hydrogen-bond donors (Lipinski definition) is 1. The highest BCUT2D eigenvalue weighted by Gasteiger charge is 2.24. The quantitative estimate of drug-likeness (QED) is 0.892. The van der Waals surface area contributed by atoms with Gasteiger partial charge >= 0.3 is 0 Å². The van der Waals surface area contributed by atoms with E-state index < -0.39 is 0 Å². The fourth-order valence-corrected chi connectivity index (χ4v) is 2.87. The number of nitrogens with one attached hydrogen (secondary N) is 1. The first-order chi connectivity index (χ1) is 9.63. The Morgan fingerprint density at radius 3 is 2.70 bits per heavy atom. The predicted molar refractivity (Wildman–Crippen MR) is 82.3 cm³/mol. The average Bonchev–Trinajstić information content (AvgIpc) is 2.48. The minimum atomic E-state index is 0.277. The summed E-state index contributed by atoms with van der Waals surface area (Å²) in [6.45, 7) is 4.29. The van der Waals surface area contributed by atoms with E-state index in [1.807, 2.05) is 7.05 Å². The van der Waals surface area contributed by atoms with Crippen LogP contribution in [0.1, 0.15) is 49.8 Å². The molecule has 0 aromatic heterocycles. The SMILES string of the molecule is CNC(C)c1cc(C)ccc1OC1CCCC(OC)C1. The van der Waals surface area contributed by atoms with Crippen molar-refractivity contribution in [3.8, 4) is 5.75 Å². The van der Waals surface area contributed by atoms with Gasteiger partial charge in [0, 0.05) is 25.1 Å². The summed E-state index contributed by atoms with van der Waals surface area (Å²) >= 11 is 0. The molecule has 0 heterocycles. The Morgan fingerprint density at radius 2 is 2.00 bits per heavy atom. The summed E-state index contributed by atoms with van der Waals surface area (Å²) in [6.07, 6.45) is 5.10. The third kappa shape index (κ3) is 3.74. The largest absolute Gasteiger partial charge is 0.490 e. The van der Waals surface area contributed by atoms with Gasteiger partial charge in [0.05, 0.1) is 6.10 Å². The van der Waals surface area contributed by atoms with Gasteiger partial charge in [-0.25, -0.2) is 0 Å². The van der Waals surface area contributed by atoms with E-state index >= 15 is 0 Å². The van der Waals surface area contributed by atoms with E-state index in [0.717, 1.165) is 25.0 Å². The number of hydrogen-bond acceptors (Lipinski definition) is 3. The number of rotatable bonds is 5. The molecule has 3 heteroatoms. The van der Waals surface area contributed by atoms with Gasteiger partial charge in [0.1, 0.15) is 11.9 Å². The molecule has 20 heavy (non-hydrogen) atoms. The third-order valence-corrected chi connectivity index (χ3v) is 4.27. The summed E-state index contributed by atoms with van der Waals surface area (Å²) < 4.78 is 11.8. The number of ether oxygens (including phenoxy) is 2. The van der Waals surface area contributed by atoms with E-state index in [9.17, 15) is 0 Å². The van der Waals surface area contributed by atoms with Crippen molar-refractivity contribution >= 4 is 0 Å². The molecule has 0 saturated heterocycles. The van der Waals surface area contributed by atoms with Crippen molar-refractivity contribution in [1.29, 1.82) is 0 Å². The molecule has 112 valence electrons. The topological polar surface area (TPSA) is 30.5 Å². The summed E-state index contributed by atoms with van der Waals surface area (Å²) in [6, 6.07) is 6.74. The van der Waals surface area contributed by atoms with E-state index in [1.165, 1.54) is 17.5 Å². The van der Waals surface area contributed by atoms with Gasteiger partial charge in [0.15, 0.2) is 0 Å². The molecule has 2 rings (SSSR count). The maximum Gasteiger partial charge on any atom is 0.124 e. The molecular weight excluding hydrogens is 250 g/mol. The van der Waals surface area contributed by atoms with Crippen LogP contribution in [-0.2, 0) is 4.74 Å². The van der Waals surface area contributed by atoms with Crippen LogP contribution >= 0.6 is 0 Å². The molecule has 1 N–H and O–H groups in total. The molecule has 0 amide bonds. The fourth-order valence-electron chi connectivity index (χ4n) is 2.87. The van der Waals surface area contributed by atoms with Gasteiger partial charge in [-0.15, -0.1) is 0 Å².